The monoisotopic (exact) mass is 238 g/mol. The Bertz CT molecular complexity index is 391. The number of aliphatic hydroxyl groups is 1. The van der Waals surface area contributed by atoms with E-state index in [1.165, 1.54) is 18.4 Å². The van der Waals surface area contributed by atoms with Gasteiger partial charge in [-0.25, -0.2) is 4.79 Å². The van der Waals surface area contributed by atoms with Gasteiger partial charge in [-0.1, -0.05) is 0 Å². The molecule has 0 aliphatic heterocycles. The zero-order valence-corrected chi connectivity index (χ0v) is 9.46. The first kappa shape index (κ1) is 13.2. The van der Waals surface area contributed by atoms with Crippen LogP contribution in [0.3, 0.4) is 0 Å². The molecule has 0 aromatic carbocycles. The van der Waals surface area contributed by atoms with Gasteiger partial charge < -0.3 is 14.3 Å². The average molecular weight is 238 g/mol. The van der Waals surface area contributed by atoms with Crippen molar-refractivity contribution in [2.75, 3.05) is 6.61 Å². The second-order valence-electron chi connectivity index (χ2n) is 3.29. The number of esters is 1. The Hall–Kier alpha value is -1.88. The predicted molar refractivity (Wildman–Crippen MR) is 60.0 cm³/mol. The van der Waals surface area contributed by atoms with Gasteiger partial charge in [0.2, 0.25) is 0 Å². The summed E-state index contributed by atoms with van der Waals surface area (Å²) in [5.41, 5.74) is 0. The second-order valence-corrected chi connectivity index (χ2v) is 3.29. The Labute approximate surface area is 98.7 Å². The third-order valence-electron chi connectivity index (χ3n) is 1.93. The number of allylic oxidation sites excluding steroid dienone is 1. The van der Waals surface area contributed by atoms with Gasteiger partial charge >= 0.3 is 5.97 Å². The molecule has 0 aliphatic rings. The summed E-state index contributed by atoms with van der Waals surface area (Å²) < 4.78 is 9.55. The van der Waals surface area contributed by atoms with Gasteiger partial charge in [0.1, 0.15) is 5.76 Å². The molecule has 17 heavy (non-hydrogen) atoms. The molecule has 1 N–H and O–H groups in total. The topological polar surface area (TPSA) is 76.7 Å². The molecule has 0 saturated heterocycles. The van der Waals surface area contributed by atoms with Crippen LogP contribution in [0.2, 0.25) is 0 Å². The molecule has 92 valence electrons. The quantitative estimate of drug-likeness (QED) is 0.594. The maximum atomic E-state index is 11.4. The predicted octanol–water partition coefficient (Wildman–Crippen LogP) is 1.18. The molecule has 0 bridgehead atoms. The van der Waals surface area contributed by atoms with Crippen LogP contribution in [0.25, 0.3) is 6.08 Å². The molecule has 0 amide bonds. The maximum absolute atomic E-state index is 11.4. The molecule has 0 radical (unpaired) electrons. The number of carbonyl (C=O) groups excluding carboxylic acids is 2. The highest BCUT2D eigenvalue weighted by Crippen LogP contribution is 2.04. The molecule has 1 heterocycles. The summed E-state index contributed by atoms with van der Waals surface area (Å²) in [6.45, 7) is 1.80. The molecule has 5 heteroatoms. The molecular formula is C12H14O5. The van der Waals surface area contributed by atoms with Gasteiger partial charge in [-0.2, -0.15) is 0 Å². The Morgan fingerprint density at radius 3 is 2.94 bits per heavy atom. The average Bonchev–Trinajstić information content (AvgIpc) is 2.79. The van der Waals surface area contributed by atoms with Crippen molar-refractivity contribution in [1.82, 2.24) is 0 Å². The normalized spacial score (nSPS) is 12.6. The summed E-state index contributed by atoms with van der Waals surface area (Å²) in [4.78, 5) is 22.4. The summed E-state index contributed by atoms with van der Waals surface area (Å²) >= 11 is 0. The lowest BCUT2D eigenvalue weighted by molar-refractivity contribution is -0.154. The van der Waals surface area contributed by atoms with Crippen LogP contribution in [0.5, 0.6) is 0 Å². The van der Waals surface area contributed by atoms with Crippen molar-refractivity contribution in [3.63, 3.8) is 0 Å². The van der Waals surface area contributed by atoms with Gasteiger partial charge in [0, 0.05) is 6.42 Å². The first-order valence-corrected chi connectivity index (χ1v) is 5.22. The molecule has 1 aromatic heterocycles. The van der Waals surface area contributed by atoms with Crippen molar-refractivity contribution < 1.29 is 23.8 Å². The van der Waals surface area contributed by atoms with E-state index in [4.69, 9.17) is 4.42 Å². The zero-order chi connectivity index (χ0) is 12.7. The number of furan rings is 1. The Kier molecular flexibility index (Phi) is 5.16. The second kappa shape index (κ2) is 6.65. The van der Waals surface area contributed by atoms with Crippen LogP contribution in [0.1, 0.15) is 19.1 Å². The van der Waals surface area contributed by atoms with E-state index in [2.05, 4.69) is 4.74 Å². The minimum atomic E-state index is -1.41. The molecule has 0 saturated carbocycles. The highest BCUT2D eigenvalue weighted by Gasteiger charge is 2.18. The van der Waals surface area contributed by atoms with Crippen LogP contribution in [0.4, 0.5) is 0 Å². The third kappa shape index (κ3) is 4.65. The van der Waals surface area contributed by atoms with E-state index in [-0.39, 0.29) is 18.8 Å². The summed E-state index contributed by atoms with van der Waals surface area (Å²) in [5.74, 6) is -0.627. The van der Waals surface area contributed by atoms with Gasteiger partial charge in [-0.3, -0.25) is 4.79 Å². The van der Waals surface area contributed by atoms with Gasteiger partial charge in [0.05, 0.1) is 12.9 Å². The van der Waals surface area contributed by atoms with E-state index >= 15 is 0 Å². The molecule has 0 unspecified atom stereocenters. The zero-order valence-electron chi connectivity index (χ0n) is 9.46. The number of rotatable bonds is 6. The third-order valence-corrected chi connectivity index (χ3v) is 1.93. The Morgan fingerprint density at radius 2 is 2.35 bits per heavy atom. The van der Waals surface area contributed by atoms with E-state index in [1.54, 1.807) is 19.1 Å². The van der Waals surface area contributed by atoms with Gasteiger partial charge in [0.15, 0.2) is 11.9 Å². The first-order valence-electron chi connectivity index (χ1n) is 5.22. The number of ether oxygens (including phenoxy) is 1. The van der Waals surface area contributed by atoms with Crippen LogP contribution < -0.4 is 0 Å². The summed E-state index contributed by atoms with van der Waals surface area (Å²) in [6, 6.07) is 3.38. The van der Waals surface area contributed by atoms with Crippen LogP contribution in [0, 0.1) is 0 Å². The molecule has 1 aromatic rings. The standard InChI is InChI=1S/C12H14O5/c1-2-16-12(15)11(14)8-9(13)5-6-10-4-3-7-17-10/h3-7,11,14H,2,8H2,1H3/b6-5+/t11-/m0/s1. The minimum Gasteiger partial charge on any atom is -0.465 e. The lowest BCUT2D eigenvalue weighted by Gasteiger charge is -2.06. The van der Waals surface area contributed by atoms with E-state index in [0.29, 0.717) is 5.76 Å². The summed E-state index contributed by atoms with van der Waals surface area (Å²) in [5, 5.41) is 9.32. The molecule has 0 fully saturated rings. The van der Waals surface area contributed by atoms with E-state index < -0.39 is 12.1 Å². The fourth-order valence-corrected chi connectivity index (χ4v) is 1.14. The lowest BCUT2D eigenvalue weighted by atomic mass is 10.1. The van der Waals surface area contributed by atoms with Crippen LogP contribution in [0.15, 0.2) is 28.9 Å². The van der Waals surface area contributed by atoms with Crippen molar-refractivity contribution in [2.24, 2.45) is 0 Å². The van der Waals surface area contributed by atoms with Gasteiger partial charge in [-0.05, 0) is 31.2 Å². The number of ketones is 1. The van der Waals surface area contributed by atoms with Crippen molar-refractivity contribution in [3.8, 4) is 0 Å². The number of hydrogen-bond donors (Lipinski definition) is 1. The smallest absolute Gasteiger partial charge is 0.335 e. The summed E-state index contributed by atoms with van der Waals surface area (Å²) in [6.07, 6.45) is 2.50. The molecule has 1 atom stereocenters. The fourth-order valence-electron chi connectivity index (χ4n) is 1.14. The van der Waals surface area contributed by atoms with Gasteiger partial charge in [-0.15, -0.1) is 0 Å². The SMILES string of the molecule is CCOC(=O)[C@@H](O)CC(=O)/C=C/c1ccco1. The van der Waals surface area contributed by atoms with E-state index in [0.717, 1.165) is 0 Å². The number of aliphatic hydroxyl groups excluding tert-OH is 1. The molecule has 1 rings (SSSR count). The van der Waals surface area contributed by atoms with E-state index in [9.17, 15) is 14.7 Å². The molecular weight excluding hydrogens is 224 g/mol. The number of carbonyl (C=O) groups is 2. The Balaban J connectivity index is 2.41. The summed E-state index contributed by atoms with van der Waals surface area (Å²) in [7, 11) is 0. The largest absolute Gasteiger partial charge is 0.465 e. The molecule has 0 aliphatic carbocycles. The number of hydrogen-bond acceptors (Lipinski definition) is 5. The van der Waals surface area contributed by atoms with Crippen LogP contribution in [-0.4, -0.2) is 29.6 Å². The van der Waals surface area contributed by atoms with Gasteiger partial charge in [0.25, 0.3) is 0 Å². The minimum absolute atomic E-state index is 0.173. The van der Waals surface area contributed by atoms with E-state index in [1.807, 2.05) is 0 Å². The van der Waals surface area contributed by atoms with Crippen molar-refractivity contribution in [1.29, 1.82) is 0 Å². The molecule has 0 spiro atoms. The Morgan fingerprint density at radius 1 is 1.59 bits per heavy atom. The maximum Gasteiger partial charge on any atom is 0.335 e. The first-order chi connectivity index (χ1) is 8.13. The fraction of sp³-hybridized carbons (Fsp3) is 0.333. The van der Waals surface area contributed by atoms with Crippen molar-refractivity contribution in [3.05, 3.63) is 30.2 Å². The van der Waals surface area contributed by atoms with Crippen molar-refractivity contribution in [2.45, 2.75) is 19.4 Å². The van der Waals surface area contributed by atoms with Crippen LogP contribution >= 0.6 is 0 Å². The lowest BCUT2D eigenvalue weighted by Crippen LogP contribution is -2.25. The van der Waals surface area contributed by atoms with Crippen molar-refractivity contribution >= 4 is 17.8 Å². The molecule has 5 nitrogen and oxygen atoms in total. The van der Waals surface area contributed by atoms with Crippen LogP contribution in [-0.2, 0) is 14.3 Å². The highest BCUT2D eigenvalue weighted by atomic mass is 16.5. The highest BCUT2D eigenvalue weighted by molar-refractivity contribution is 5.96.